The molecule has 13 heteroatoms. The Morgan fingerprint density at radius 1 is 0.679 bits per heavy atom. The van der Waals surface area contributed by atoms with Gasteiger partial charge in [-0.3, -0.25) is 23.4 Å². The molecule has 0 saturated heterocycles. The van der Waals surface area contributed by atoms with Gasteiger partial charge >= 0.3 is 25.7 Å². The molecular formula is C40H68NO11P. The molecule has 0 radical (unpaired) electrons. The van der Waals surface area contributed by atoms with Crippen LogP contribution in [-0.2, 0) is 37.5 Å². The largest absolute Gasteiger partial charge is 0.480 e. The lowest BCUT2D eigenvalue weighted by Gasteiger charge is -2.20. The van der Waals surface area contributed by atoms with Gasteiger partial charge in [0.25, 0.3) is 0 Å². The molecule has 12 nitrogen and oxygen atoms in total. The summed E-state index contributed by atoms with van der Waals surface area (Å²) in [6.45, 7) is 2.45. The van der Waals surface area contributed by atoms with Crippen LogP contribution in [0.4, 0.5) is 0 Å². The number of phosphoric ester groups is 1. The first kappa shape index (κ1) is 50.1. The molecule has 4 atom stereocenters. The second-order valence-electron chi connectivity index (χ2n) is 12.9. The van der Waals surface area contributed by atoms with Crippen molar-refractivity contribution >= 4 is 25.7 Å². The van der Waals surface area contributed by atoms with Crippen molar-refractivity contribution in [2.45, 2.75) is 154 Å². The van der Waals surface area contributed by atoms with Crippen LogP contribution in [0.2, 0.25) is 0 Å². The van der Waals surface area contributed by atoms with E-state index in [4.69, 9.17) is 24.8 Å². The van der Waals surface area contributed by atoms with Crippen molar-refractivity contribution in [1.82, 2.24) is 0 Å². The third kappa shape index (κ3) is 34.6. The van der Waals surface area contributed by atoms with Crippen LogP contribution in [0, 0.1) is 0 Å². The quantitative estimate of drug-likeness (QED) is 0.0158. The number of allylic oxidation sites excluding steroid dienone is 9. The van der Waals surface area contributed by atoms with Gasteiger partial charge in [-0.15, -0.1) is 0 Å². The van der Waals surface area contributed by atoms with Gasteiger partial charge in [0, 0.05) is 12.8 Å². The first-order chi connectivity index (χ1) is 25.5. The molecule has 0 aromatic carbocycles. The maximum absolute atomic E-state index is 12.6. The van der Waals surface area contributed by atoms with Gasteiger partial charge < -0.3 is 30.3 Å². The van der Waals surface area contributed by atoms with Crippen molar-refractivity contribution in [3.8, 4) is 0 Å². The predicted molar refractivity (Wildman–Crippen MR) is 209 cm³/mol. The number of carboxylic acid groups (broad SMARTS) is 1. The normalized spacial score (nSPS) is 15.1. The maximum atomic E-state index is 12.6. The summed E-state index contributed by atoms with van der Waals surface area (Å²) in [7, 11) is -4.77. The lowest BCUT2D eigenvalue weighted by atomic mass is 10.1. The number of phosphoric acid groups is 1. The zero-order chi connectivity index (χ0) is 39.4. The number of hydrogen-bond acceptors (Lipinski definition) is 10. The SMILES string of the molecule is CC/C=C\C/C=C\C/C=C\C/C=C\C=C\C(O)CCCC(=O)O[C@H](COC(=O)CCCCCCCCCCCCC)COP(=O)(O)OC[C@H](N)C(=O)O. The first-order valence-electron chi connectivity index (χ1n) is 19.4. The van der Waals surface area contributed by atoms with E-state index in [-0.39, 0.29) is 19.3 Å². The van der Waals surface area contributed by atoms with E-state index in [1.54, 1.807) is 12.2 Å². The van der Waals surface area contributed by atoms with Crippen molar-refractivity contribution in [2.75, 3.05) is 19.8 Å². The van der Waals surface area contributed by atoms with Crippen LogP contribution in [0.25, 0.3) is 0 Å². The molecule has 0 fully saturated rings. The zero-order valence-corrected chi connectivity index (χ0v) is 33.1. The van der Waals surface area contributed by atoms with Gasteiger partial charge in [-0.1, -0.05) is 139 Å². The zero-order valence-electron chi connectivity index (χ0n) is 32.2. The Labute approximate surface area is 318 Å². The molecule has 0 aromatic rings. The average molecular weight is 770 g/mol. The number of unbranched alkanes of at least 4 members (excludes halogenated alkanes) is 10. The highest BCUT2D eigenvalue weighted by Crippen LogP contribution is 2.43. The van der Waals surface area contributed by atoms with Crippen LogP contribution in [-0.4, -0.2) is 71.1 Å². The topological polar surface area (TPSA) is 192 Å². The Bertz CT molecular complexity index is 1150. The van der Waals surface area contributed by atoms with E-state index < -0.39 is 63.8 Å². The number of aliphatic carboxylic acids is 1. The molecular weight excluding hydrogens is 701 g/mol. The van der Waals surface area contributed by atoms with Gasteiger partial charge in [-0.2, -0.15) is 0 Å². The molecule has 0 bridgehead atoms. The van der Waals surface area contributed by atoms with Gasteiger partial charge in [-0.05, 0) is 44.9 Å². The first-order valence-corrected chi connectivity index (χ1v) is 20.9. The molecule has 0 amide bonds. The summed E-state index contributed by atoms with van der Waals surface area (Å²) in [6, 6.07) is -1.55. The van der Waals surface area contributed by atoms with Gasteiger partial charge in [0.15, 0.2) is 6.10 Å². The van der Waals surface area contributed by atoms with Crippen LogP contribution in [0.3, 0.4) is 0 Å². The number of nitrogens with two attached hydrogens (primary N) is 1. The minimum atomic E-state index is -4.77. The Hall–Kier alpha value is -2.86. The lowest BCUT2D eigenvalue weighted by molar-refractivity contribution is -0.161. The molecule has 0 rings (SSSR count). The number of carbonyl (C=O) groups is 3. The van der Waals surface area contributed by atoms with Crippen molar-refractivity contribution in [1.29, 1.82) is 0 Å². The van der Waals surface area contributed by atoms with Gasteiger partial charge in [0.1, 0.15) is 12.6 Å². The molecule has 2 unspecified atom stereocenters. The summed E-state index contributed by atoms with van der Waals surface area (Å²) in [6.07, 6.45) is 34.7. The summed E-state index contributed by atoms with van der Waals surface area (Å²) >= 11 is 0. The van der Waals surface area contributed by atoms with E-state index in [0.29, 0.717) is 12.8 Å². The number of aliphatic hydroxyl groups is 1. The molecule has 0 aliphatic carbocycles. The second-order valence-corrected chi connectivity index (χ2v) is 14.3. The van der Waals surface area contributed by atoms with Gasteiger partial charge in [-0.25, -0.2) is 4.57 Å². The number of hydrogen-bond donors (Lipinski definition) is 4. The Balaban J connectivity index is 4.66. The molecule has 0 saturated carbocycles. The molecule has 0 aliphatic heterocycles. The molecule has 0 aromatic heterocycles. The van der Waals surface area contributed by atoms with Crippen LogP contribution in [0.5, 0.6) is 0 Å². The van der Waals surface area contributed by atoms with E-state index in [9.17, 15) is 28.9 Å². The van der Waals surface area contributed by atoms with Crippen molar-refractivity contribution in [3.05, 3.63) is 60.8 Å². The highest BCUT2D eigenvalue weighted by atomic mass is 31.2. The summed E-state index contributed by atoms with van der Waals surface area (Å²) < 4.78 is 32.4. The number of carbonyl (C=O) groups excluding carboxylic acids is 2. The maximum Gasteiger partial charge on any atom is 0.472 e. The van der Waals surface area contributed by atoms with E-state index in [2.05, 4.69) is 54.8 Å². The Morgan fingerprint density at radius 2 is 1.21 bits per heavy atom. The molecule has 304 valence electrons. The molecule has 0 heterocycles. The van der Waals surface area contributed by atoms with Crippen LogP contribution in [0.15, 0.2) is 60.8 Å². The Morgan fingerprint density at radius 3 is 1.79 bits per heavy atom. The highest BCUT2D eigenvalue weighted by Gasteiger charge is 2.28. The fourth-order valence-corrected chi connectivity index (χ4v) is 5.58. The van der Waals surface area contributed by atoms with Crippen LogP contribution >= 0.6 is 7.82 Å². The van der Waals surface area contributed by atoms with E-state index in [1.165, 1.54) is 44.9 Å². The third-order valence-electron chi connectivity index (χ3n) is 7.88. The van der Waals surface area contributed by atoms with Crippen molar-refractivity contribution in [2.24, 2.45) is 5.73 Å². The number of rotatable bonds is 35. The fourth-order valence-electron chi connectivity index (χ4n) is 4.80. The second kappa shape index (κ2) is 34.9. The van der Waals surface area contributed by atoms with Crippen molar-refractivity contribution in [3.63, 3.8) is 0 Å². The molecule has 0 aliphatic rings. The van der Waals surface area contributed by atoms with Gasteiger partial charge in [0.05, 0.1) is 19.3 Å². The van der Waals surface area contributed by atoms with Crippen LogP contribution < -0.4 is 5.73 Å². The molecule has 5 N–H and O–H groups in total. The van der Waals surface area contributed by atoms with Crippen LogP contribution in [0.1, 0.15) is 136 Å². The number of aliphatic hydroxyl groups excluding tert-OH is 1. The van der Waals surface area contributed by atoms with Crippen molar-refractivity contribution < 1.29 is 52.6 Å². The molecule has 53 heavy (non-hydrogen) atoms. The number of esters is 2. The highest BCUT2D eigenvalue weighted by molar-refractivity contribution is 7.47. The summed E-state index contributed by atoms with van der Waals surface area (Å²) in [5.41, 5.74) is 5.30. The van der Waals surface area contributed by atoms with E-state index >= 15 is 0 Å². The standard InChI is InChI=1S/C40H68NO11P/c1-3-5-7-9-11-13-15-16-18-19-21-23-25-28-35(42)29-27-31-39(44)52-36(33-50-53(47,48)51-34-37(41)40(45)46)32-49-38(43)30-26-24-22-20-17-14-12-10-8-6-4-2/h5,7,11,13,16,18,21,23,25,28,35-37,42H,3-4,6,8-10,12,14-15,17,19-20,22,24,26-27,29-34,41H2,1-2H3,(H,45,46)(H,47,48)/b7-5-,13-11-,18-16-,23-21-,28-25+/t35?,36-,37+/m1/s1. The third-order valence-corrected chi connectivity index (χ3v) is 8.83. The minimum absolute atomic E-state index is 0.0706. The average Bonchev–Trinajstić information content (AvgIpc) is 3.12. The monoisotopic (exact) mass is 769 g/mol. The number of carboxylic acids is 1. The summed E-state index contributed by atoms with van der Waals surface area (Å²) in [5.74, 6) is -2.62. The summed E-state index contributed by atoms with van der Waals surface area (Å²) in [5, 5.41) is 19.1. The number of ether oxygens (including phenoxy) is 2. The predicted octanol–water partition coefficient (Wildman–Crippen LogP) is 8.58. The lowest BCUT2D eigenvalue weighted by Crippen LogP contribution is -2.34. The van der Waals surface area contributed by atoms with E-state index in [1.807, 2.05) is 12.2 Å². The van der Waals surface area contributed by atoms with E-state index in [0.717, 1.165) is 44.9 Å². The van der Waals surface area contributed by atoms with Gasteiger partial charge in [0.2, 0.25) is 0 Å². The Kier molecular flexibility index (Phi) is 33.0. The smallest absolute Gasteiger partial charge is 0.472 e. The molecule has 0 spiro atoms. The summed E-state index contributed by atoms with van der Waals surface area (Å²) in [4.78, 5) is 45.8. The minimum Gasteiger partial charge on any atom is -0.480 e. The fraction of sp³-hybridized carbons (Fsp3) is 0.675.